The molecule has 0 bridgehead atoms. The molecular formula is C21H24O5. The Kier molecular flexibility index (Phi) is 5.62. The summed E-state index contributed by atoms with van der Waals surface area (Å²) in [7, 11) is 0. The standard InChI is InChI=1S/C21H24O5/c22-19-11-17-21(26-19)20(24-13-16-9-5-2-6-10-16)18(25-17)14-23-12-15-7-3-1-4-8-15/h1-10,17-22H,11-14H2/t17-,18+,19?,20-,21+/m1/s1. The van der Waals surface area contributed by atoms with Crippen molar-refractivity contribution in [3.05, 3.63) is 71.8 Å². The van der Waals surface area contributed by atoms with E-state index in [-0.39, 0.29) is 24.4 Å². The summed E-state index contributed by atoms with van der Waals surface area (Å²) in [5, 5.41) is 9.76. The van der Waals surface area contributed by atoms with Crippen LogP contribution in [0.4, 0.5) is 0 Å². The van der Waals surface area contributed by atoms with Gasteiger partial charge in [0.2, 0.25) is 0 Å². The molecule has 1 N–H and O–H groups in total. The van der Waals surface area contributed by atoms with Gasteiger partial charge in [0.25, 0.3) is 0 Å². The predicted octanol–water partition coefficient (Wildman–Crippen LogP) is 2.66. The fourth-order valence-electron chi connectivity index (χ4n) is 3.56. The highest BCUT2D eigenvalue weighted by atomic mass is 16.7. The van der Waals surface area contributed by atoms with Gasteiger partial charge in [0.15, 0.2) is 6.29 Å². The third-order valence-corrected chi connectivity index (χ3v) is 4.83. The molecule has 0 amide bonds. The van der Waals surface area contributed by atoms with Gasteiger partial charge in [-0.05, 0) is 11.1 Å². The van der Waals surface area contributed by atoms with Gasteiger partial charge in [-0.15, -0.1) is 0 Å². The zero-order valence-electron chi connectivity index (χ0n) is 14.6. The minimum atomic E-state index is -0.779. The average Bonchev–Trinajstić information content (AvgIpc) is 3.17. The first-order valence-electron chi connectivity index (χ1n) is 9.06. The smallest absolute Gasteiger partial charge is 0.157 e. The van der Waals surface area contributed by atoms with E-state index in [0.29, 0.717) is 26.2 Å². The zero-order chi connectivity index (χ0) is 17.8. The minimum absolute atomic E-state index is 0.143. The second-order valence-electron chi connectivity index (χ2n) is 6.77. The molecule has 0 radical (unpaired) electrons. The van der Waals surface area contributed by atoms with Crippen LogP contribution < -0.4 is 0 Å². The summed E-state index contributed by atoms with van der Waals surface area (Å²) in [6.45, 7) is 1.44. The van der Waals surface area contributed by atoms with Crippen LogP contribution in [0.25, 0.3) is 0 Å². The largest absolute Gasteiger partial charge is 0.374 e. The Morgan fingerprint density at radius 2 is 1.54 bits per heavy atom. The van der Waals surface area contributed by atoms with Crippen LogP contribution in [0.3, 0.4) is 0 Å². The molecule has 2 aromatic rings. The van der Waals surface area contributed by atoms with Gasteiger partial charge >= 0.3 is 0 Å². The van der Waals surface area contributed by atoms with E-state index < -0.39 is 6.29 Å². The Hall–Kier alpha value is -1.76. The van der Waals surface area contributed by atoms with E-state index >= 15 is 0 Å². The van der Waals surface area contributed by atoms with Gasteiger partial charge in [0.1, 0.15) is 18.3 Å². The fraction of sp³-hybridized carbons (Fsp3) is 0.429. The molecular weight excluding hydrogens is 332 g/mol. The minimum Gasteiger partial charge on any atom is -0.374 e. The monoisotopic (exact) mass is 356 g/mol. The molecule has 2 fully saturated rings. The number of rotatable bonds is 7. The van der Waals surface area contributed by atoms with Crippen LogP contribution in [0.2, 0.25) is 0 Å². The van der Waals surface area contributed by atoms with Crippen LogP contribution >= 0.6 is 0 Å². The lowest BCUT2D eigenvalue weighted by Gasteiger charge is -2.23. The molecule has 0 saturated carbocycles. The fourth-order valence-corrected chi connectivity index (χ4v) is 3.56. The Morgan fingerprint density at radius 3 is 2.23 bits per heavy atom. The van der Waals surface area contributed by atoms with E-state index in [1.165, 1.54) is 0 Å². The van der Waals surface area contributed by atoms with Gasteiger partial charge in [-0.3, -0.25) is 0 Å². The van der Waals surface area contributed by atoms with Crippen LogP contribution in [-0.4, -0.2) is 42.4 Å². The number of hydrogen-bond donors (Lipinski definition) is 1. The summed E-state index contributed by atoms with van der Waals surface area (Å²) < 4.78 is 23.7. The van der Waals surface area contributed by atoms with E-state index in [1.54, 1.807) is 0 Å². The van der Waals surface area contributed by atoms with Crippen molar-refractivity contribution in [3.63, 3.8) is 0 Å². The number of benzene rings is 2. The highest BCUT2D eigenvalue weighted by molar-refractivity contribution is 5.14. The first kappa shape index (κ1) is 17.6. The number of aliphatic hydroxyl groups excluding tert-OH is 1. The molecule has 2 saturated heterocycles. The molecule has 26 heavy (non-hydrogen) atoms. The topological polar surface area (TPSA) is 57.2 Å². The molecule has 2 aromatic carbocycles. The molecule has 0 spiro atoms. The first-order valence-corrected chi connectivity index (χ1v) is 9.06. The van der Waals surface area contributed by atoms with Crippen molar-refractivity contribution in [2.24, 2.45) is 0 Å². The summed E-state index contributed by atoms with van der Waals surface area (Å²) in [5.74, 6) is 0. The first-order chi connectivity index (χ1) is 12.8. The Bertz CT molecular complexity index is 677. The van der Waals surface area contributed by atoms with Crippen molar-refractivity contribution in [1.29, 1.82) is 0 Å². The van der Waals surface area contributed by atoms with E-state index in [0.717, 1.165) is 11.1 Å². The highest BCUT2D eigenvalue weighted by Gasteiger charge is 2.51. The zero-order valence-corrected chi connectivity index (χ0v) is 14.6. The van der Waals surface area contributed by atoms with Gasteiger partial charge in [-0.25, -0.2) is 0 Å². The van der Waals surface area contributed by atoms with Crippen molar-refractivity contribution in [3.8, 4) is 0 Å². The van der Waals surface area contributed by atoms with Crippen molar-refractivity contribution < 1.29 is 24.1 Å². The van der Waals surface area contributed by atoms with E-state index in [1.807, 2.05) is 60.7 Å². The number of aliphatic hydroxyl groups is 1. The summed E-state index contributed by atoms with van der Waals surface area (Å²) in [6.07, 6.45) is -1.15. The molecule has 5 nitrogen and oxygen atoms in total. The molecule has 5 atom stereocenters. The maximum atomic E-state index is 9.76. The molecule has 2 aliphatic rings. The highest BCUT2D eigenvalue weighted by Crippen LogP contribution is 2.35. The molecule has 0 aromatic heterocycles. The lowest BCUT2D eigenvalue weighted by Crippen LogP contribution is -2.37. The van der Waals surface area contributed by atoms with E-state index in [2.05, 4.69) is 0 Å². The lowest BCUT2D eigenvalue weighted by atomic mass is 10.1. The van der Waals surface area contributed by atoms with Gasteiger partial charge in [0.05, 0.1) is 25.9 Å². The number of ether oxygens (including phenoxy) is 4. The second kappa shape index (κ2) is 8.29. The van der Waals surface area contributed by atoms with Gasteiger partial charge in [-0.2, -0.15) is 0 Å². The van der Waals surface area contributed by atoms with Crippen LogP contribution in [-0.2, 0) is 32.2 Å². The van der Waals surface area contributed by atoms with Gasteiger partial charge < -0.3 is 24.1 Å². The molecule has 0 aliphatic carbocycles. The predicted molar refractivity (Wildman–Crippen MR) is 95.3 cm³/mol. The number of fused-ring (bicyclic) bond motifs is 1. The second-order valence-corrected chi connectivity index (χ2v) is 6.77. The van der Waals surface area contributed by atoms with Crippen molar-refractivity contribution in [2.75, 3.05) is 6.61 Å². The molecule has 4 rings (SSSR count). The van der Waals surface area contributed by atoms with Gasteiger partial charge in [0, 0.05) is 6.42 Å². The number of hydrogen-bond acceptors (Lipinski definition) is 5. The van der Waals surface area contributed by atoms with Crippen LogP contribution in [0.5, 0.6) is 0 Å². The van der Waals surface area contributed by atoms with E-state index in [4.69, 9.17) is 18.9 Å². The summed E-state index contributed by atoms with van der Waals surface area (Å²) in [4.78, 5) is 0. The average molecular weight is 356 g/mol. The molecule has 2 heterocycles. The summed E-state index contributed by atoms with van der Waals surface area (Å²) in [6, 6.07) is 20.1. The molecule has 2 aliphatic heterocycles. The lowest BCUT2D eigenvalue weighted by molar-refractivity contribution is -0.145. The van der Waals surface area contributed by atoms with Crippen molar-refractivity contribution in [2.45, 2.75) is 50.3 Å². The third-order valence-electron chi connectivity index (χ3n) is 4.83. The van der Waals surface area contributed by atoms with Crippen molar-refractivity contribution >= 4 is 0 Å². The van der Waals surface area contributed by atoms with Crippen LogP contribution in [0.1, 0.15) is 17.5 Å². The maximum Gasteiger partial charge on any atom is 0.157 e. The van der Waals surface area contributed by atoms with Gasteiger partial charge in [-0.1, -0.05) is 60.7 Å². The molecule has 138 valence electrons. The summed E-state index contributed by atoms with van der Waals surface area (Å²) >= 11 is 0. The normalized spacial score (nSPS) is 30.4. The van der Waals surface area contributed by atoms with Crippen LogP contribution in [0.15, 0.2) is 60.7 Å². The van der Waals surface area contributed by atoms with Crippen LogP contribution in [0, 0.1) is 0 Å². The molecule has 5 heteroatoms. The Balaban J connectivity index is 1.36. The van der Waals surface area contributed by atoms with E-state index in [9.17, 15) is 5.11 Å². The summed E-state index contributed by atoms with van der Waals surface area (Å²) in [5.41, 5.74) is 2.22. The quantitative estimate of drug-likeness (QED) is 0.827. The SMILES string of the molecule is OC1C[C@H]2O[C@@H](COCc3ccccc3)[C@@H](OCc3ccccc3)[C@H]2O1. The third kappa shape index (κ3) is 4.14. The van der Waals surface area contributed by atoms with Crippen molar-refractivity contribution in [1.82, 2.24) is 0 Å². The Morgan fingerprint density at radius 1 is 0.885 bits per heavy atom. The maximum absolute atomic E-state index is 9.76. The Labute approximate surface area is 153 Å². The molecule has 1 unspecified atom stereocenters.